The molecule has 0 saturated heterocycles. The molecule has 0 bridgehead atoms. The molecule has 8 nitrogen and oxygen atoms in total. The molecule has 1 N–H and O–H groups in total. The molecule has 0 amide bonds. The predicted molar refractivity (Wildman–Crippen MR) is 78.4 cm³/mol. The SMILES string of the molecule is COC(=O)c1cc(S(C)(=O)=O)ccc1NC(C#N)=C(C#N)C#N. The minimum Gasteiger partial charge on any atom is -0.465 e. The number of anilines is 1. The first-order chi connectivity index (χ1) is 10.8. The fourth-order valence-electron chi connectivity index (χ4n) is 1.56. The molecule has 0 fully saturated rings. The third-order valence-electron chi connectivity index (χ3n) is 2.67. The number of ether oxygens (including phenoxy) is 1. The average Bonchev–Trinajstić information content (AvgIpc) is 2.53. The number of esters is 1. The Kier molecular flexibility index (Phi) is 5.45. The van der Waals surface area contributed by atoms with Gasteiger partial charge in [-0.3, -0.25) is 0 Å². The van der Waals surface area contributed by atoms with Gasteiger partial charge < -0.3 is 10.1 Å². The van der Waals surface area contributed by atoms with E-state index in [9.17, 15) is 13.2 Å². The first-order valence-electron chi connectivity index (χ1n) is 5.92. The summed E-state index contributed by atoms with van der Waals surface area (Å²) in [6.07, 6.45) is 0.973. The highest BCUT2D eigenvalue weighted by Crippen LogP contribution is 2.23. The number of nitriles is 3. The Balaban J connectivity index is 3.53. The molecule has 0 aliphatic rings. The maximum absolute atomic E-state index is 11.8. The second kappa shape index (κ2) is 7.08. The van der Waals surface area contributed by atoms with Gasteiger partial charge in [-0.25, -0.2) is 13.2 Å². The van der Waals surface area contributed by atoms with Crippen LogP contribution in [-0.2, 0) is 14.6 Å². The molecule has 0 atom stereocenters. The Morgan fingerprint density at radius 2 is 1.78 bits per heavy atom. The van der Waals surface area contributed by atoms with Crippen LogP contribution in [0.3, 0.4) is 0 Å². The van der Waals surface area contributed by atoms with E-state index in [0.717, 1.165) is 19.4 Å². The third kappa shape index (κ3) is 4.07. The molecule has 0 heterocycles. The van der Waals surface area contributed by atoms with Crippen molar-refractivity contribution in [2.75, 3.05) is 18.7 Å². The summed E-state index contributed by atoms with van der Waals surface area (Å²) in [4.78, 5) is 11.7. The summed E-state index contributed by atoms with van der Waals surface area (Å²) in [6, 6.07) is 8.26. The zero-order chi connectivity index (χ0) is 17.6. The zero-order valence-corrected chi connectivity index (χ0v) is 12.9. The Bertz CT molecular complexity index is 896. The molecule has 116 valence electrons. The smallest absolute Gasteiger partial charge is 0.340 e. The van der Waals surface area contributed by atoms with Crippen molar-refractivity contribution < 1.29 is 17.9 Å². The van der Waals surface area contributed by atoms with E-state index >= 15 is 0 Å². The number of allylic oxidation sites excluding steroid dienone is 2. The molecule has 1 rings (SSSR count). The lowest BCUT2D eigenvalue weighted by molar-refractivity contribution is 0.0601. The zero-order valence-electron chi connectivity index (χ0n) is 12.1. The molecule has 0 unspecified atom stereocenters. The summed E-state index contributed by atoms with van der Waals surface area (Å²) in [5.74, 6) is -0.842. The summed E-state index contributed by atoms with van der Waals surface area (Å²) in [7, 11) is -2.45. The van der Waals surface area contributed by atoms with E-state index in [0.29, 0.717) is 0 Å². The van der Waals surface area contributed by atoms with Crippen LogP contribution in [0.25, 0.3) is 0 Å². The second-order valence-electron chi connectivity index (χ2n) is 4.18. The van der Waals surface area contributed by atoms with Crippen LogP contribution < -0.4 is 5.32 Å². The summed E-state index contributed by atoms with van der Waals surface area (Å²) in [6.45, 7) is 0. The van der Waals surface area contributed by atoms with E-state index in [2.05, 4.69) is 10.1 Å². The van der Waals surface area contributed by atoms with Crippen molar-refractivity contribution in [2.45, 2.75) is 4.90 Å². The quantitative estimate of drug-likeness (QED) is 0.638. The normalized spacial score (nSPS) is 9.70. The van der Waals surface area contributed by atoms with Crippen LogP contribution in [0.2, 0.25) is 0 Å². The van der Waals surface area contributed by atoms with Gasteiger partial charge in [0.15, 0.2) is 15.4 Å². The number of rotatable bonds is 4. The summed E-state index contributed by atoms with van der Waals surface area (Å²) in [5, 5.41) is 29.1. The van der Waals surface area contributed by atoms with Crippen LogP contribution in [0, 0.1) is 34.0 Å². The van der Waals surface area contributed by atoms with Crippen molar-refractivity contribution in [2.24, 2.45) is 0 Å². The number of nitrogens with one attached hydrogen (secondary N) is 1. The highest BCUT2D eigenvalue weighted by molar-refractivity contribution is 7.90. The molecular formula is C14H10N4O4S. The maximum atomic E-state index is 11.8. The highest BCUT2D eigenvalue weighted by atomic mass is 32.2. The van der Waals surface area contributed by atoms with Crippen LogP contribution in [0.5, 0.6) is 0 Å². The van der Waals surface area contributed by atoms with Crippen molar-refractivity contribution in [1.29, 1.82) is 15.8 Å². The fraction of sp³-hybridized carbons (Fsp3) is 0.143. The van der Waals surface area contributed by atoms with Gasteiger partial charge in [0.2, 0.25) is 0 Å². The fourth-order valence-corrected chi connectivity index (χ4v) is 2.21. The molecule has 1 aromatic carbocycles. The number of carbonyl (C=O) groups is 1. The molecular weight excluding hydrogens is 320 g/mol. The molecule has 0 aliphatic carbocycles. The number of sulfone groups is 1. The van der Waals surface area contributed by atoms with E-state index in [-0.39, 0.29) is 21.8 Å². The van der Waals surface area contributed by atoms with Gasteiger partial charge in [0.05, 0.1) is 23.3 Å². The van der Waals surface area contributed by atoms with Gasteiger partial charge in [-0.1, -0.05) is 0 Å². The van der Waals surface area contributed by atoms with E-state index in [4.69, 9.17) is 15.8 Å². The molecule has 0 aliphatic heterocycles. The highest BCUT2D eigenvalue weighted by Gasteiger charge is 2.18. The summed E-state index contributed by atoms with van der Waals surface area (Å²) >= 11 is 0. The molecule has 0 aromatic heterocycles. The standard InChI is InChI=1S/C14H10N4O4S/c1-22-14(19)11-5-10(23(2,20)21)3-4-12(11)18-13(8-17)9(6-15)7-16/h3-5,18H,1-2H3. The largest absolute Gasteiger partial charge is 0.465 e. The topological polar surface area (TPSA) is 144 Å². The molecule has 23 heavy (non-hydrogen) atoms. The summed E-state index contributed by atoms with van der Waals surface area (Å²) < 4.78 is 27.7. The molecule has 0 radical (unpaired) electrons. The van der Waals surface area contributed by atoms with Crippen molar-refractivity contribution >= 4 is 21.5 Å². The van der Waals surface area contributed by atoms with Gasteiger partial charge in [0, 0.05) is 6.26 Å². The number of methoxy groups -OCH3 is 1. The number of hydrogen-bond acceptors (Lipinski definition) is 8. The van der Waals surface area contributed by atoms with Gasteiger partial charge >= 0.3 is 5.97 Å². The van der Waals surface area contributed by atoms with Gasteiger partial charge in [0.1, 0.15) is 23.9 Å². The third-order valence-corrected chi connectivity index (χ3v) is 3.78. The van der Waals surface area contributed by atoms with Crippen molar-refractivity contribution in [3.05, 3.63) is 35.0 Å². The van der Waals surface area contributed by atoms with Crippen molar-refractivity contribution in [3.63, 3.8) is 0 Å². The van der Waals surface area contributed by atoms with Crippen molar-refractivity contribution in [3.8, 4) is 18.2 Å². The molecule has 0 saturated carbocycles. The molecule has 0 spiro atoms. The first kappa shape index (κ1) is 17.7. The lowest BCUT2D eigenvalue weighted by Gasteiger charge is -2.11. The van der Waals surface area contributed by atoms with E-state index < -0.39 is 21.4 Å². The number of nitrogens with zero attached hydrogens (tertiary/aromatic N) is 3. The Hall–Kier alpha value is -3.35. The predicted octanol–water partition coefficient (Wildman–Crippen LogP) is 1.11. The maximum Gasteiger partial charge on any atom is 0.340 e. The van der Waals surface area contributed by atoms with E-state index in [1.54, 1.807) is 18.2 Å². The van der Waals surface area contributed by atoms with Gasteiger partial charge in [-0.15, -0.1) is 0 Å². The Labute approximate surface area is 132 Å². The number of hydrogen-bond donors (Lipinski definition) is 1. The van der Waals surface area contributed by atoms with Gasteiger partial charge in [0.25, 0.3) is 0 Å². The Morgan fingerprint density at radius 1 is 1.17 bits per heavy atom. The van der Waals surface area contributed by atoms with Gasteiger partial charge in [-0.05, 0) is 18.2 Å². The van der Waals surface area contributed by atoms with Crippen LogP contribution in [0.1, 0.15) is 10.4 Å². The monoisotopic (exact) mass is 330 g/mol. The van der Waals surface area contributed by atoms with E-state index in [1.165, 1.54) is 12.1 Å². The minimum atomic E-state index is -3.56. The average molecular weight is 330 g/mol. The van der Waals surface area contributed by atoms with Crippen LogP contribution >= 0.6 is 0 Å². The summed E-state index contributed by atoms with van der Waals surface area (Å²) in [5.41, 5.74) is -0.968. The number of carbonyl (C=O) groups excluding carboxylic acids is 1. The number of benzene rings is 1. The van der Waals surface area contributed by atoms with Crippen molar-refractivity contribution in [1.82, 2.24) is 0 Å². The first-order valence-corrected chi connectivity index (χ1v) is 7.81. The second-order valence-corrected chi connectivity index (χ2v) is 6.20. The molecule has 1 aromatic rings. The van der Waals surface area contributed by atoms with Crippen LogP contribution in [-0.4, -0.2) is 27.8 Å². The lowest BCUT2D eigenvalue weighted by atomic mass is 10.1. The molecule has 9 heteroatoms. The van der Waals surface area contributed by atoms with Crippen LogP contribution in [0.15, 0.2) is 34.4 Å². The Morgan fingerprint density at radius 3 is 2.22 bits per heavy atom. The lowest BCUT2D eigenvalue weighted by Crippen LogP contribution is -2.10. The van der Waals surface area contributed by atoms with E-state index in [1.807, 2.05) is 0 Å². The van der Waals surface area contributed by atoms with Gasteiger partial charge in [-0.2, -0.15) is 15.8 Å². The minimum absolute atomic E-state index is 0.0313. The van der Waals surface area contributed by atoms with Crippen LogP contribution in [0.4, 0.5) is 5.69 Å².